The molecule has 1 amide bonds. The first-order valence-electron chi connectivity index (χ1n) is 11.6. The van der Waals surface area contributed by atoms with Gasteiger partial charge in [-0.1, -0.05) is 6.07 Å². The molecule has 0 saturated heterocycles. The van der Waals surface area contributed by atoms with E-state index in [0.717, 1.165) is 36.3 Å². The first-order valence-corrected chi connectivity index (χ1v) is 11.6. The number of carbonyl (C=O) groups excluding carboxylic acids is 1. The van der Waals surface area contributed by atoms with Gasteiger partial charge in [0, 0.05) is 36.1 Å². The molecule has 6 rings (SSSR count). The molecule has 0 unspecified atom stereocenters. The molecule has 1 aliphatic heterocycles. The van der Waals surface area contributed by atoms with Crippen molar-refractivity contribution in [3.05, 3.63) is 66.2 Å². The molecule has 184 valence electrons. The van der Waals surface area contributed by atoms with Crippen LogP contribution in [0.3, 0.4) is 0 Å². The number of rotatable bonds is 7. The molecule has 5 heterocycles. The number of hydrogen-bond donors (Lipinski definition) is 2. The van der Waals surface area contributed by atoms with E-state index >= 15 is 0 Å². The number of alkyl halides is 2. The first kappa shape index (κ1) is 22.1. The number of fused-ring (bicyclic) bond motifs is 2. The number of carbonyl (C=O) groups is 1. The molecule has 2 atom stereocenters. The summed E-state index contributed by atoms with van der Waals surface area (Å²) in [4.78, 5) is 27.4. The van der Waals surface area contributed by atoms with Gasteiger partial charge in [-0.25, -0.2) is 9.50 Å². The Morgan fingerprint density at radius 1 is 1.08 bits per heavy atom. The van der Waals surface area contributed by atoms with Crippen molar-refractivity contribution in [2.24, 2.45) is 0 Å². The lowest BCUT2D eigenvalue weighted by Gasteiger charge is -2.17. The maximum Gasteiger partial charge on any atom is 0.387 e. The molecular weight excluding hydrogens is 470 g/mol. The summed E-state index contributed by atoms with van der Waals surface area (Å²) < 4.78 is 30.8. The molecule has 1 aliphatic carbocycles. The van der Waals surface area contributed by atoms with Crippen molar-refractivity contribution >= 4 is 29.0 Å². The summed E-state index contributed by atoms with van der Waals surface area (Å²) in [6.45, 7) is -2.40. The normalized spacial score (nSPS) is 19.2. The van der Waals surface area contributed by atoms with Crippen LogP contribution in [0.4, 0.5) is 26.2 Å². The molecule has 4 aromatic rings. The van der Waals surface area contributed by atoms with E-state index in [0.29, 0.717) is 23.8 Å². The van der Waals surface area contributed by atoms with Crippen molar-refractivity contribution in [1.29, 1.82) is 0 Å². The van der Waals surface area contributed by atoms with Crippen LogP contribution in [0.1, 0.15) is 35.3 Å². The summed E-state index contributed by atoms with van der Waals surface area (Å²) in [7, 11) is 0. The van der Waals surface area contributed by atoms with Crippen LogP contribution in [0.5, 0.6) is 5.75 Å². The van der Waals surface area contributed by atoms with Gasteiger partial charge in [-0.2, -0.15) is 13.8 Å². The molecule has 0 bridgehead atoms. The zero-order valence-electron chi connectivity index (χ0n) is 19.0. The zero-order chi connectivity index (χ0) is 24.6. The number of anilines is 3. The van der Waals surface area contributed by atoms with Gasteiger partial charge >= 0.3 is 6.61 Å². The first-order chi connectivity index (χ1) is 17.5. The van der Waals surface area contributed by atoms with E-state index in [9.17, 15) is 13.6 Å². The van der Waals surface area contributed by atoms with Crippen molar-refractivity contribution in [2.45, 2.75) is 44.5 Å². The van der Waals surface area contributed by atoms with Crippen LogP contribution in [0, 0.1) is 0 Å². The van der Waals surface area contributed by atoms with Gasteiger partial charge in [-0.05, 0) is 43.5 Å². The third-order valence-electron chi connectivity index (χ3n) is 6.38. The standard InChI is InChI=1S/C24H22F2N8O2/c25-23(26)36-18-7-9-34-20(11-18)31-24(32-34)30-16-4-3-15(10-16)29-19-6-5-17(12-28-19)33-13-14-2-1-8-27-21(14)22(33)35/h1-2,5-9,11-12,15-16,23H,3-4,10,13H2,(H,28,29)(H,30,32)/t15-,16-/m0/s1. The molecule has 0 aromatic carbocycles. The molecule has 0 spiro atoms. The fourth-order valence-electron chi connectivity index (χ4n) is 4.70. The number of hydrogen-bond acceptors (Lipinski definition) is 8. The lowest BCUT2D eigenvalue weighted by atomic mass is 10.2. The van der Waals surface area contributed by atoms with Crippen molar-refractivity contribution < 1.29 is 18.3 Å². The molecule has 36 heavy (non-hydrogen) atoms. The van der Waals surface area contributed by atoms with E-state index in [-0.39, 0.29) is 23.7 Å². The van der Waals surface area contributed by atoms with Crippen LogP contribution in [-0.4, -0.2) is 49.2 Å². The molecule has 1 fully saturated rings. The van der Waals surface area contributed by atoms with E-state index in [1.807, 2.05) is 24.3 Å². The molecule has 0 radical (unpaired) electrons. The van der Waals surface area contributed by atoms with Crippen molar-refractivity contribution in [2.75, 3.05) is 15.5 Å². The lowest BCUT2D eigenvalue weighted by molar-refractivity contribution is -0.0498. The van der Waals surface area contributed by atoms with E-state index in [1.54, 1.807) is 17.3 Å². The van der Waals surface area contributed by atoms with Crippen LogP contribution in [0.15, 0.2) is 55.0 Å². The largest absolute Gasteiger partial charge is 0.435 e. The maximum absolute atomic E-state index is 12.6. The average Bonchev–Trinajstić information content (AvgIpc) is 3.57. The van der Waals surface area contributed by atoms with Gasteiger partial charge in [0.05, 0.1) is 18.4 Å². The highest BCUT2D eigenvalue weighted by molar-refractivity contribution is 6.08. The Morgan fingerprint density at radius 3 is 2.72 bits per heavy atom. The molecule has 2 aliphatic rings. The second kappa shape index (κ2) is 9.02. The predicted octanol–water partition coefficient (Wildman–Crippen LogP) is 3.73. The van der Waals surface area contributed by atoms with Gasteiger partial charge in [-0.15, -0.1) is 5.10 Å². The highest BCUT2D eigenvalue weighted by Gasteiger charge is 2.30. The quantitative estimate of drug-likeness (QED) is 0.402. The van der Waals surface area contributed by atoms with Crippen LogP contribution >= 0.6 is 0 Å². The molecule has 4 aromatic heterocycles. The Kier molecular flexibility index (Phi) is 5.55. The Hall–Kier alpha value is -4.35. The smallest absolute Gasteiger partial charge is 0.387 e. The summed E-state index contributed by atoms with van der Waals surface area (Å²) in [6.07, 6.45) is 7.55. The number of amides is 1. The van der Waals surface area contributed by atoms with Crippen molar-refractivity contribution in [3.8, 4) is 5.75 Å². The monoisotopic (exact) mass is 492 g/mol. The Bertz CT molecular complexity index is 1410. The van der Waals surface area contributed by atoms with Crippen LogP contribution in [0.2, 0.25) is 0 Å². The number of halogens is 2. The Balaban J connectivity index is 1.05. The van der Waals surface area contributed by atoms with E-state index in [4.69, 9.17) is 0 Å². The van der Waals surface area contributed by atoms with Gasteiger partial charge in [0.25, 0.3) is 5.91 Å². The topological polar surface area (TPSA) is 110 Å². The van der Waals surface area contributed by atoms with Gasteiger partial charge in [0.2, 0.25) is 5.95 Å². The van der Waals surface area contributed by atoms with Crippen LogP contribution in [0.25, 0.3) is 5.65 Å². The Labute approximate surface area is 204 Å². The third kappa shape index (κ3) is 4.37. The van der Waals surface area contributed by atoms with Gasteiger partial charge in [-0.3, -0.25) is 9.78 Å². The van der Waals surface area contributed by atoms with Gasteiger partial charge in [0.15, 0.2) is 5.65 Å². The highest BCUT2D eigenvalue weighted by Crippen LogP contribution is 2.29. The van der Waals surface area contributed by atoms with Crippen LogP contribution < -0.4 is 20.3 Å². The molecular formula is C24H22F2N8O2. The summed E-state index contributed by atoms with van der Waals surface area (Å²) in [6, 6.07) is 10.7. The Morgan fingerprint density at radius 2 is 1.94 bits per heavy atom. The maximum atomic E-state index is 12.6. The summed E-state index contributed by atoms with van der Waals surface area (Å²) in [5.74, 6) is 1.10. The van der Waals surface area contributed by atoms with E-state index in [1.165, 1.54) is 22.8 Å². The van der Waals surface area contributed by atoms with Crippen molar-refractivity contribution in [1.82, 2.24) is 24.6 Å². The predicted molar refractivity (Wildman–Crippen MR) is 127 cm³/mol. The zero-order valence-corrected chi connectivity index (χ0v) is 19.0. The fraction of sp³-hybridized carbons (Fsp3) is 0.292. The number of nitrogens with zero attached hydrogens (tertiary/aromatic N) is 6. The molecule has 2 N–H and O–H groups in total. The summed E-state index contributed by atoms with van der Waals surface area (Å²) in [5, 5.41) is 11.1. The second-order valence-corrected chi connectivity index (χ2v) is 8.78. The number of ether oxygens (including phenoxy) is 1. The minimum absolute atomic E-state index is 0.0374. The SMILES string of the molecule is O=C1c2ncccc2CN1c1ccc(N[C@H]2CC[C@H](Nc3nc4cc(OC(F)F)ccn4n3)C2)nc1. The summed E-state index contributed by atoms with van der Waals surface area (Å²) in [5.41, 5.74) is 2.56. The highest BCUT2D eigenvalue weighted by atomic mass is 19.3. The molecule has 12 heteroatoms. The third-order valence-corrected chi connectivity index (χ3v) is 6.38. The minimum atomic E-state index is -2.89. The van der Waals surface area contributed by atoms with E-state index < -0.39 is 6.61 Å². The average molecular weight is 492 g/mol. The summed E-state index contributed by atoms with van der Waals surface area (Å²) >= 11 is 0. The molecule has 10 nitrogen and oxygen atoms in total. The number of aromatic nitrogens is 5. The number of nitrogens with one attached hydrogen (secondary N) is 2. The van der Waals surface area contributed by atoms with E-state index in [2.05, 4.69) is 35.4 Å². The second-order valence-electron chi connectivity index (χ2n) is 8.78. The minimum Gasteiger partial charge on any atom is -0.435 e. The van der Waals surface area contributed by atoms with Crippen LogP contribution in [-0.2, 0) is 6.54 Å². The number of pyridine rings is 3. The molecule has 1 saturated carbocycles. The van der Waals surface area contributed by atoms with Crippen molar-refractivity contribution in [3.63, 3.8) is 0 Å². The van der Waals surface area contributed by atoms with Gasteiger partial charge in [0.1, 0.15) is 17.3 Å². The fourth-order valence-corrected chi connectivity index (χ4v) is 4.70. The van der Waals surface area contributed by atoms with Gasteiger partial charge < -0.3 is 20.3 Å². The lowest BCUT2D eigenvalue weighted by Crippen LogP contribution is -2.24.